The summed E-state index contributed by atoms with van der Waals surface area (Å²) in [6.45, 7) is 13.5. The van der Waals surface area contributed by atoms with Gasteiger partial charge in [-0.1, -0.05) is 52.1 Å². The third kappa shape index (κ3) is 7.25. The summed E-state index contributed by atoms with van der Waals surface area (Å²) < 4.78 is 14.1. The van der Waals surface area contributed by atoms with Crippen LogP contribution in [0.1, 0.15) is 40.5 Å². The van der Waals surface area contributed by atoms with Crippen molar-refractivity contribution >= 4 is 26.7 Å². The summed E-state index contributed by atoms with van der Waals surface area (Å²) in [5, 5.41) is 6.40. The van der Waals surface area contributed by atoms with Crippen LogP contribution in [0, 0.1) is 25.2 Å². The molecule has 0 spiro atoms. The minimum absolute atomic E-state index is 0. The molecular weight excluding hydrogens is 396 g/mol. The first-order valence-corrected chi connectivity index (χ1v) is 15.7. The van der Waals surface area contributed by atoms with Crippen LogP contribution in [0.2, 0.25) is 13.1 Å². The fourth-order valence-corrected chi connectivity index (χ4v) is 6.52. The summed E-state index contributed by atoms with van der Waals surface area (Å²) >= 11 is -0.556. The van der Waals surface area contributed by atoms with E-state index in [0.717, 1.165) is 19.0 Å². The molecule has 0 bridgehead atoms. The maximum atomic E-state index is 14.1. The molecule has 0 aromatic heterocycles. The summed E-state index contributed by atoms with van der Waals surface area (Å²) in [5.41, 5.74) is 0.0307. The number of hydrogen-bond donors (Lipinski definition) is 0. The van der Waals surface area contributed by atoms with E-state index in [1.807, 2.05) is 0 Å². The third-order valence-corrected chi connectivity index (χ3v) is 7.75. The monoisotopic (exact) mass is 427 g/mol. The van der Waals surface area contributed by atoms with Crippen molar-refractivity contribution in [2.75, 3.05) is 6.17 Å². The molecule has 0 saturated heterocycles. The molecule has 0 aromatic rings. The van der Waals surface area contributed by atoms with Crippen molar-refractivity contribution in [1.82, 2.24) is 0 Å². The van der Waals surface area contributed by atoms with Crippen LogP contribution in [0.25, 0.3) is 5.32 Å². The average molecular weight is 428 g/mol. The standard InChI is InChI=1S/C17H29FNSi.CH3.2ClH.Ti/c1-12-9-13-14(10-12)16(8-7-15(13)18)20(5,6)11-19-17(2,3)4;;;;/h7-8,12-14H,9-11H2,1-6H3;1H3;2*1H;/q2*-1;;;+2/p-2. The molecule has 3 atom stereocenters. The quantitative estimate of drug-likeness (QED) is 0.333. The first-order valence-electron chi connectivity index (χ1n) is 8.24. The van der Waals surface area contributed by atoms with Gasteiger partial charge in [-0.3, -0.25) is 0 Å². The van der Waals surface area contributed by atoms with Gasteiger partial charge in [0.1, 0.15) is 5.83 Å². The van der Waals surface area contributed by atoms with Gasteiger partial charge in [-0.15, -0.1) is 11.7 Å². The molecule has 0 aliphatic heterocycles. The molecule has 24 heavy (non-hydrogen) atoms. The zero-order valence-electron chi connectivity index (χ0n) is 16.1. The molecule has 1 saturated carbocycles. The van der Waals surface area contributed by atoms with E-state index in [-0.39, 0.29) is 24.7 Å². The molecular formula is C18H32Cl2FNSiTi-2. The van der Waals surface area contributed by atoms with E-state index in [4.69, 9.17) is 23.9 Å². The average Bonchev–Trinajstić information content (AvgIpc) is 2.79. The molecule has 0 aromatic carbocycles. The van der Waals surface area contributed by atoms with E-state index >= 15 is 0 Å². The zero-order chi connectivity index (χ0) is 17.8. The summed E-state index contributed by atoms with van der Waals surface area (Å²) in [6.07, 6.45) is 6.96. The third-order valence-electron chi connectivity index (χ3n) is 4.70. The summed E-state index contributed by atoms with van der Waals surface area (Å²) in [5.74, 6) is 1.37. The van der Waals surface area contributed by atoms with E-state index in [1.165, 1.54) is 0 Å². The van der Waals surface area contributed by atoms with Crippen LogP contribution in [-0.4, -0.2) is 19.8 Å². The molecule has 0 heterocycles. The van der Waals surface area contributed by atoms with Gasteiger partial charge >= 0.3 is 35.6 Å². The Balaban J connectivity index is 0.00000123. The Morgan fingerprint density at radius 2 is 1.71 bits per heavy atom. The first-order chi connectivity index (χ1) is 10.5. The second kappa shape index (κ2) is 10.3. The van der Waals surface area contributed by atoms with Crippen LogP contribution in [0.15, 0.2) is 23.2 Å². The fourth-order valence-electron chi connectivity index (χ4n) is 3.61. The van der Waals surface area contributed by atoms with Gasteiger partial charge in [0.25, 0.3) is 0 Å². The number of halogens is 3. The zero-order valence-corrected chi connectivity index (χ0v) is 20.2. The van der Waals surface area contributed by atoms with E-state index < -0.39 is 25.1 Å². The number of rotatable bonds is 3. The van der Waals surface area contributed by atoms with Gasteiger partial charge in [0.15, 0.2) is 0 Å². The van der Waals surface area contributed by atoms with Gasteiger partial charge in [-0.05, 0) is 30.8 Å². The maximum absolute atomic E-state index is 14.1. The van der Waals surface area contributed by atoms with Crippen molar-refractivity contribution in [1.29, 1.82) is 0 Å². The molecule has 3 unspecified atom stereocenters. The van der Waals surface area contributed by atoms with Gasteiger partial charge < -0.3 is 12.7 Å². The van der Waals surface area contributed by atoms with Crippen LogP contribution < -0.4 is 0 Å². The molecule has 1 fully saturated rings. The summed E-state index contributed by atoms with van der Waals surface area (Å²) in [4.78, 5) is 0. The van der Waals surface area contributed by atoms with Crippen molar-refractivity contribution in [3.05, 3.63) is 35.9 Å². The molecule has 0 N–H and O–H groups in total. The minimum atomic E-state index is -1.57. The van der Waals surface area contributed by atoms with Crippen LogP contribution >= 0.6 is 18.6 Å². The van der Waals surface area contributed by atoms with Gasteiger partial charge in [0, 0.05) is 5.92 Å². The number of allylic oxidation sites excluding steroid dienone is 4. The molecule has 0 amide bonds. The first kappa shape index (κ1) is 24.9. The SMILES string of the molecule is CC1CC2C(F)=CC=C([Si](C)(C)C[N-]C(C)(C)C)C2C1.[CH3-].[Cl][Ti][Cl]. The predicted octanol–water partition coefficient (Wildman–Crippen LogP) is 7.23. The molecule has 6 heteroatoms. The van der Waals surface area contributed by atoms with E-state index in [1.54, 1.807) is 11.3 Å². The van der Waals surface area contributed by atoms with Gasteiger partial charge in [-0.25, -0.2) is 4.39 Å². The topological polar surface area (TPSA) is 14.1 Å². The second-order valence-corrected chi connectivity index (χ2v) is 15.6. The molecule has 2 rings (SSSR count). The van der Waals surface area contributed by atoms with Gasteiger partial charge in [-0.2, -0.15) is 0 Å². The fraction of sp³-hybridized carbons (Fsp3) is 0.722. The van der Waals surface area contributed by atoms with Crippen molar-refractivity contribution in [3.63, 3.8) is 0 Å². The summed E-state index contributed by atoms with van der Waals surface area (Å²) in [7, 11) is 8.20. The number of nitrogens with zero attached hydrogens (tertiary/aromatic N) is 1. The van der Waals surface area contributed by atoms with E-state index in [9.17, 15) is 4.39 Å². The number of fused-ring (bicyclic) bond motifs is 1. The van der Waals surface area contributed by atoms with Crippen molar-refractivity contribution in [2.45, 2.75) is 59.2 Å². The Bertz CT molecular complexity index is 460. The van der Waals surface area contributed by atoms with Crippen LogP contribution in [0.5, 0.6) is 0 Å². The Morgan fingerprint density at radius 1 is 1.21 bits per heavy atom. The Kier molecular flexibility index (Phi) is 10.7. The molecule has 1 nitrogen and oxygen atoms in total. The van der Waals surface area contributed by atoms with E-state index in [0.29, 0.717) is 11.8 Å². The van der Waals surface area contributed by atoms with Crippen LogP contribution in [0.3, 0.4) is 0 Å². The van der Waals surface area contributed by atoms with Gasteiger partial charge in [0.2, 0.25) is 0 Å². The van der Waals surface area contributed by atoms with Crippen LogP contribution in [0.4, 0.5) is 4.39 Å². The van der Waals surface area contributed by atoms with Crippen molar-refractivity contribution < 1.29 is 21.4 Å². The Hall–Kier alpha value is 0.881. The molecule has 140 valence electrons. The normalized spacial score (nSPS) is 26.3. The van der Waals surface area contributed by atoms with E-state index in [2.05, 4.69) is 46.9 Å². The Morgan fingerprint density at radius 3 is 2.21 bits per heavy atom. The van der Waals surface area contributed by atoms with Crippen molar-refractivity contribution in [3.8, 4) is 0 Å². The number of hydrogen-bond acceptors (Lipinski definition) is 0. The van der Waals surface area contributed by atoms with Crippen molar-refractivity contribution in [2.24, 2.45) is 17.8 Å². The van der Waals surface area contributed by atoms with Crippen LogP contribution in [-0.2, 0) is 17.0 Å². The summed E-state index contributed by atoms with van der Waals surface area (Å²) in [6, 6.07) is 0. The molecule has 2 aliphatic carbocycles. The Labute approximate surface area is 166 Å². The second-order valence-electron chi connectivity index (χ2n) is 8.41. The molecule has 2 aliphatic rings. The predicted molar refractivity (Wildman–Crippen MR) is 106 cm³/mol. The van der Waals surface area contributed by atoms with Gasteiger partial charge in [0.05, 0.1) is 8.07 Å². The molecule has 0 radical (unpaired) electrons.